The van der Waals surface area contributed by atoms with Crippen LogP contribution in [0.15, 0.2) is 59.1 Å². The first-order valence-corrected chi connectivity index (χ1v) is 11.6. The molecule has 34 heavy (non-hydrogen) atoms. The molecule has 0 saturated carbocycles. The lowest BCUT2D eigenvalue weighted by Crippen LogP contribution is -2.25. The summed E-state index contributed by atoms with van der Waals surface area (Å²) in [6.45, 7) is 2.71. The molecule has 0 spiro atoms. The van der Waals surface area contributed by atoms with Gasteiger partial charge in [-0.05, 0) is 70.4 Å². The summed E-state index contributed by atoms with van der Waals surface area (Å²) in [5.41, 5.74) is 4.49. The van der Waals surface area contributed by atoms with Crippen molar-refractivity contribution in [3.05, 3.63) is 59.1 Å². The number of fused-ring (bicyclic) bond motifs is 2. The van der Waals surface area contributed by atoms with Gasteiger partial charge >= 0.3 is 5.97 Å². The van der Waals surface area contributed by atoms with Gasteiger partial charge in [-0.1, -0.05) is 18.2 Å². The molecule has 1 aliphatic rings. The van der Waals surface area contributed by atoms with Crippen molar-refractivity contribution in [2.24, 2.45) is 7.05 Å². The van der Waals surface area contributed by atoms with E-state index in [0.717, 1.165) is 49.4 Å². The van der Waals surface area contributed by atoms with Crippen LogP contribution >= 0.6 is 15.9 Å². The molecule has 174 valence electrons. The number of carbonyl (C=O) groups is 1. The number of anilines is 3. The van der Waals surface area contributed by atoms with E-state index in [0.29, 0.717) is 19.0 Å². The van der Waals surface area contributed by atoms with Gasteiger partial charge in [0.2, 0.25) is 0 Å². The molecule has 0 aliphatic carbocycles. The summed E-state index contributed by atoms with van der Waals surface area (Å²) in [6, 6.07) is 16.9. The summed E-state index contributed by atoms with van der Waals surface area (Å²) < 4.78 is 14.1. The zero-order valence-electron chi connectivity index (χ0n) is 18.6. The fourth-order valence-electron chi connectivity index (χ4n) is 3.94. The van der Waals surface area contributed by atoms with E-state index in [2.05, 4.69) is 31.7 Å². The number of hydrogen-bond acceptors (Lipinski definition) is 6. The van der Waals surface area contributed by atoms with Gasteiger partial charge in [-0.25, -0.2) is 0 Å². The predicted molar refractivity (Wildman–Crippen MR) is 135 cm³/mol. The average Bonchev–Trinajstić information content (AvgIpc) is 3.14. The van der Waals surface area contributed by atoms with Gasteiger partial charge in [0.05, 0.1) is 11.2 Å². The summed E-state index contributed by atoms with van der Waals surface area (Å²) >= 11 is 3.76. The monoisotopic (exact) mass is 522 g/mol. The number of aromatic nitrogens is 2. The van der Waals surface area contributed by atoms with E-state index in [1.165, 1.54) is 0 Å². The Hall–Kier alpha value is -3.72. The van der Waals surface area contributed by atoms with Crippen LogP contribution in [0.25, 0.3) is 22.0 Å². The fraction of sp³-hybridized carbons (Fsp3) is 0.200. The Balaban J connectivity index is 1.46. The van der Waals surface area contributed by atoms with Gasteiger partial charge in [-0.3, -0.25) is 9.48 Å². The molecule has 0 bridgehead atoms. The van der Waals surface area contributed by atoms with Crippen molar-refractivity contribution < 1.29 is 19.4 Å². The highest BCUT2D eigenvalue weighted by molar-refractivity contribution is 9.10. The average molecular weight is 523 g/mol. The van der Waals surface area contributed by atoms with Crippen LogP contribution in [0.4, 0.5) is 17.2 Å². The van der Waals surface area contributed by atoms with Crippen LogP contribution in [0.5, 0.6) is 11.5 Å². The van der Waals surface area contributed by atoms with E-state index in [9.17, 15) is 4.79 Å². The number of nitrogens with one attached hydrogen (secondary N) is 2. The number of rotatable bonds is 6. The molecule has 1 aliphatic heterocycles. The first-order valence-electron chi connectivity index (χ1n) is 10.8. The van der Waals surface area contributed by atoms with Crippen LogP contribution in [0.3, 0.4) is 0 Å². The van der Waals surface area contributed by atoms with Crippen molar-refractivity contribution in [1.82, 2.24) is 9.78 Å². The van der Waals surface area contributed by atoms with E-state index >= 15 is 0 Å². The molecule has 2 heterocycles. The molecule has 0 amide bonds. The molecule has 3 N–H and O–H groups in total. The van der Waals surface area contributed by atoms with E-state index in [-0.39, 0.29) is 0 Å². The molecule has 0 radical (unpaired) electrons. The van der Waals surface area contributed by atoms with Gasteiger partial charge in [0.15, 0.2) is 17.3 Å². The number of carboxylic acids is 1. The van der Waals surface area contributed by atoms with Crippen molar-refractivity contribution >= 4 is 50.0 Å². The molecule has 1 aromatic heterocycles. The van der Waals surface area contributed by atoms with Crippen LogP contribution in [-0.2, 0) is 11.8 Å². The second kappa shape index (κ2) is 8.90. The lowest BCUT2D eigenvalue weighted by molar-refractivity contribution is -0.137. The number of carboxylic acid groups (broad SMARTS) is 1. The lowest BCUT2D eigenvalue weighted by atomic mass is 10.0. The standard InChI is InChI=1S/C25H23BrN4O4/c1-14(25(31)32)27-16-7-8-18-20(13-16)30(2)29-24(18)28-19-5-3-4-17(23(19)26)15-6-9-21-22(12-15)34-11-10-33-21/h3-9,12-14,27H,10-11H2,1-2H3,(H,28,29)(H,31,32)/t14-/m1/s1. The second-order valence-corrected chi connectivity index (χ2v) is 8.85. The molecule has 0 saturated heterocycles. The molecule has 0 unspecified atom stereocenters. The smallest absolute Gasteiger partial charge is 0.325 e. The highest BCUT2D eigenvalue weighted by Gasteiger charge is 2.17. The first-order chi connectivity index (χ1) is 16.4. The topological polar surface area (TPSA) is 97.6 Å². The SMILES string of the molecule is C[C@@H](Nc1ccc2c(Nc3cccc(-c4ccc5c(c4)OCCO5)c3Br)nn(C)c2c1)C(=O)O. The van der Waals surface area contributed by atoms with Crippen LogP contribution in [0, 0.1) is 0 Å². The van der Waals surface area contributed by atoms with E-state index in [1.807, 2.05) is 61.6 Å². The molecular weight excluding hydrogens is 500 g/mol. The zero-order chi connectivity index (χ0) is 23.8. The molecular formula is C25H23BrN4O4. The third-order valence-corrected chi connectivity index (χ3v) is 6.56. The molecule has 3 aromatic carbocycles. The Bertz CT molecular complexity index is 1400. The summed E-state index contributed by atoms with van der Waals surface area (Å²) in [6.07, 6.45) is 0. The largest absolute Gasteiger partial charge is 0.486 e. The number of aliphatic carboxylic acids is 1. The Morgan fingerprint density at radius 1 is 1.12 bits per heavy atom. The summed E-state index contributed by atoms with van der Waals surface area (Å²) in [4.78, 5) is 11.2. The predicted octanol–water partition coefficient (Wildman–Crippen LogP) is 5.40. The van der Waals surface area contributed by atoms with Gasteiger partial charge in [-0.2, -0.15) is 5.10 Å². The number of benzene rings is 3. The van der Waals surface area contributed by atoms with E-state index in [1.54, 1.807) is 11.6 Å². The number of aryl methyl sites for hydroxylation is 1. The highest BCUT2D eigenvalue weighted by atomic mass is 79.9. The maximum atomic E-state index is 11.2. The quantitative estimate of drug-likeness (QED) is 0.311. The van der Waals surface area contributed by atoms with Gasteiger partial charge in [0.25, 0.3) is 0 Å². The number of ether oxygens (including phenoxy) is 2. The van der Waals surface area contributed by atoms with Crippen LogP contribution < -0.4 is 20.1 Å². The maximum absolute atomic E-state index is 11.2. The minimum Gasteiger partial charge on any atom is -0.486 e. The van der Waals surface area contributed by atoms with Crippen molar-refractivity contribution in [3.8, 4) is 22.6 Å². The number of hydrogen-bond donors (Lipinski definition) is 3. The lowest BCUT2D eigenvalue weighted by Gasteiger charge is -2.19. The van der Waals surface area contributed by atoms with Crippen molar-refractivity contribution in [3.63, 3.8) is 0 Å². The molecule has 8 nitrogen and oxygen atoms in total. The fourth-order valence-corrected chi connectivity index (χ4v) is 4.53. The summed E-state index contributed by atoms with van der Waals surface area (Å²) in [5, 5.41) is 21.2. The third-order valence-electron chi connectivity index (χ3n) is 5.71. The normalized spacial score (nSPS) is 13.5. The molecule has 0 fully saturated rings. The van der Waals surface area contributed by atoms with Crippen molar-refractivity contribution in [2.75, 3.05) is 23.8 Å². The molecule has 9 heteroatoms. The van der Waals surface area contributed by atoms with Crippen LogP contribution in [0.1, 0.15) is 6.92 Å². The Labute approximate surface area is 204 Å². The number of halogens is 1. The Kier molecular flexibility index (Phi) is 5.79. The first kappa shape index (κ1) is 22.1. The van der Waals surface area contributed by atoms with Crippen LogP contribution in [0.2, 0.25) is 0 Å². The van der Waals surface area contributed by atoms with Gasteiger partial charge in [-0.15, -0.1) is 0 Å². The summed E-state index contributed by atoms with van der Waals surface area (Å²) in [7, 11) is 1.86. The minimum absolute atomic E-state index is 0.540. The van der Waals surface area contributed by atoms with Crippen molar-refractivity contribution in [2.45, 2.75) is 13.0 Å². The third kappa shape index (κ3) is 4.14. The number of nitrogens with zero attached hydrogens (tertiary/aromatic N) is 2. The highest BCUT2D eigenvalue weighted by Crippen LogP contribution is 2.40. The van der Waals surface area contributed by atoms with Crippen molar-refractivity contribution in [1.29, 1.82) is 0 Å². The van der Waals surface area contributed by atoms with E-state index < -0.39 is 12.0 Å². The van der Waals surface area contributed by atoms with Crippen LogP contribution in [-0.4, -0.2) is 40.1 Å². The molecule has 1 atom stereocenters. The maximum Gasteiger partial charge on any atom is 0.325 e. The van der Waals surface area contributed by atoms with E-state index in [4.69, 9.17) is 14.6 Å². The minimum atomic E-state index is -0.907. The molecule has 4 aromatic rings. The zero-order valence-corrected chi connectivity index (χ0v) is 20.2. The Morgan fingerprint density at radius 2 is 1.91 bits per heavy atom. The summed E-state index contributed by atoms with van der Waals surface area (Å²) in [5.74, 6) is 1.30. The second-order valence-electron chi connectivity index (χ2n) is 8.06. The van der Waals surface area contributed by atoms with Gasteiger partial charge < -0.3 is 25.2 Å². The molecule has 5 rings (SSSR count). The Morgan fingerprint density at radius 3 is 2.71 bits per heavy atom. The van der Waals surface area contributed by atoms with Gasteiger partial charge in [0.1, 0.15) is 19.3 Å². The van der Waals surface area contributed by atoms with Gasteiger partial charge in [0, 0.05) is 22.6 Å².